The van der Waals surface area contributed by atoms with Crippen LogP contribution in [0, 0.1) is 3.57 Å². The molecule has 1 amide bonds. The molecular formula is C11H13IN2O. The Labute approximate surface area is 103 Å². The molecule has 0 aromatic heterocycles. The second-order valence-electron chi connectivity index (χ2n) is 3.13. The summed E-state index contributed by atoms with van der Waals surface area (Å²) >= 11 is 2.21. The van der Waals surface area contributed by atoms with Gasteiger partial charge in [0.05, 0.1) is 6.04 Å². The van der Waals surface area contributed by atoms with E-state index in [-0.39, 0.29) is 5.91 Å². The van der Waals surface area contributed by atoms with Gasteiger partial charge in [-0.05, 0) is 53.3 Å². The van der Waals surface area contributed by atoms with Gasteiger partial charge in [0.15, 0.2) is 0 Å². The average Bonchev–Trinajstić information content (AvgIpc) is 2.22. The largest absolute Gasteiger partial charge is 0.325 e. The van der Waals surface area contributed by atoms with Crippen LogP contribution in [0.2, 0.25) is 0 Å². The highest BCUT2D eigenvalue weighted by Gasteiger charge is 2.11. The summed E-state index contributed by atoms with van der Waals surface area (Å²) in [6.07, 6.45) is 2.12. The maximum atomic E-state index is 11.5. The van der Waals surface area contributed by atoms with Gasteiger partial charge in [0, 0.05) is 9.26 Å². The highest BCUT2D eigenvalue weighted by molar-refractivity contribution is 14.1. The zero-order chi connectivity index (χ0) is 11.3. The molecule has 1 aromatic carbocycles. The molecular weight excluding hydrogens is 303 g/mol. The number of nitrogens with two attached hydrogens (primary N) is 1. The summed E-state index contributed by atoms with van der Waals surface area (Å²) in [6, 6.07) is 7.02. The topological polar surface area (TPSA) is 55.1 Å². The lowest BCUT2D eigenvalue weighted by molar-refractivity contribution is -0.117. The summed E-state index contributed by atoms with van der Waals surface area (Å²) in [7, 11) is 0. The van der Waals surface area contributed by atoms with Gasteiger partial charge in [-0.15, -0.1) is 6.58 Å². The van der Waals surface area contributed by atoms with Gasteiger partial charge in [-0.3, -0.25) is 4.79 Å². The lowest BCUT2D eigenvalue weighted by Gasteiger charge is -2.10. The molecule has 1 aromatic rings. The molecule has 0 aliphatic carbocycles. The molecule has 0 saturated heterocycles. The molecule has 1 rings (SSSR count). The molecule has 0 heterocycles. The van der Waals surface area contributed by atoms with Gasteiger partial charge in [0.2, 0.25) is 5.91 Å². The third-order valence-electron chi connectivity index (χ3n) is 1.87. The standard InChI is InChI=1S/C11H13IN2O/c1-2-3-10(13)11(15)14-9-6-4-8(12)5-7-9/h2,4-7,10H,1,3,13H2,(H,14,15). The fourth-order valence-electron chi connectivity index (χ4n) is 1.05. The number of benzene rings is 1. The zero-order valence-corrected chi connectivity index (χ0v) is 10.4. The summed E-state index contributed by atoms with van der Waals surface area (Å²) in [5.41, 5.74) is 6.38. The van der Waals surface area contributed by atoms with Crippen molar-refractivity contribution in [2.75, 3.05) is 5.32 Å². The minimum atomic E-state index is -0.526. The van der Waals surface area contributed by atoms with Crippen LogP contribution in [0.25, 0.3) is 0 Å². The minimum absolute atomic E-state index is 0.184. The maximum absolute atomic E-state index is 11.5. The number of anilines is 1. The lowest BCUT2D eigenvalue weighted by atomic mass is 10.2. The first kappa shape index (κ1) is 12.2. The molecule has 15 heavy (non-hydrogen) atoms. The van der Waals surface area contributed by atoms with Crippen LogP contribution >= 0.6 is 22.6 Å². The number of amides is 1. The number of hydrogen-bond donors (Lipinski definition) is 2. The SMILES string of the molecule is C=CCC(N)C(=O)Nc1ccc(I)cc1. The van der Waals surface area contributed by atoms with Gasteiger partial charge in [-0.2, -0.15) is 0 Å². The molecule has 0 aliphatic heterocycles. The molecule has 3 N–H and O–H groups in total. The third-order valence-corrected chi connectivity index (χ3v) is 2.59. The van der Waals surface area contributed by atoms with Crippen molar-refractivity contribution >= 4 is 34.2 Å². The zero-order valence-electron chi connectivity index (χ0n) is 8.24. The highest BCUT2D eigenvalue weighted by atomic mass is 127. The Morgan fingerprint density at radius 3 is 2.67 bits per heavy atom. The molecule has 0 aliphatic rings. The molecule has 3 nitrogen and oxygen atoms in total. The summed E-state index contributed by atoms with van der Waals surface area (Å²) < 4.78 is 1.13. The number of halogens is 1. The van der Waals surface area contributed by atoms with Crippen LogP contribution in [-0.4, -0.2) is 11.9 Å². The van der Waals surface area contributed by atoms with E-state index in [2.05, 4.69) is 34.5 Å². The minimum Gasteiger partial charge on any atom is -0.325 e. The first-order valence-electron chi connectivity index (χ1n) is 4.56. The Morgan fingerprint density at radius 2 is 2.13 bits per heavy atom. The fourth-order valence-corrected chi connectivity index (χ4v) is 1.41. The average molecular weight is 316 g/mol. The molecule has 0 bridgehead atoms. The van der Waals surface area contributed by atoms with E-state index in [0.717, 1.165) is 9.26 Å². The fraction of sp³-hybridized carbons (Fsp3) is 0.182. The Bertz CT molecular complexity index is 348. The van der Waals surface area contributed by atoms with E-state index in [1.54, 1.807) is 6.08 Å². The van der Waals surface area contributed by atoms with Gasteiger partial charge < -0.3 is 11.1 Å². The molecule has 1 atom stereocenters. The van der Waals surface area contributed by atoms with Crippen LogP contribution in [0.5, 0.6) is 0 Å². The summed E-state index contributed by atoms with van der Waals surface area (Å²) in [4.78, 5) is 11.5. The number of carbonyl (C=O) groups excluding carboxylic acids is 1. The Morgan fingerprint density at radius 1 is 1.53 bits per heavy atom. The second kappa shape index (κ2) is 5.87. The van der Waals surface area contributed by atoms with Crippen LogP contribution in [0.3, 0.4) is 0 Å². The Hall–Kier alpha value is -0.880. The van der Waals surface area contributed by atoms with E-state index in [4.69, 9.17) is 5.73 Å². The van der Waals surface area contributed by atoms with Crippen LogP contribution in [0.4, 0.5) is 5.69 Å². The Kier molecular flexibility index (Phi) is 4.77. The second-order valence-corrected chi connectivity index (χ2v) is 4.37. The normalized spacial score (nSPS) is 11.9. The molecule has 1 unspecified atom stereocenters. The molecule has 0 spiro atoms. The van der Waals surface area contributed by atoms with Crippen molar-refractivity contribution in [1.29, 1.82) is 0 Å². The van der Waals surface area contributed by atoms with Gasteiger partial charge in [0.25, 0.3) is 0 Å². The number of rotatable bonds is 4. The molecule has 0 saturated carbocycles. The van der Waals surface area contributed by atoms with E-state index in [1.807, 2.05) is 24.3 Å². The van der Waals surface area contributed by atoms with Gasteiger partial charge in [-0.1, -0.05) is 6.08 Å². The predicted molar refractivity (Wildman–Crippen MR) is 70.6 cm³/mol. The van der Waals surface area contributed by atoms with E-state index in [9.17, 15) is 4.79 Å². The van der Waals surface area contributed by atoms with Crippen LogP contribution in [0.1, 0.15) is 6.42 Å². The van der Waals surface area contributed by atoms with Crippen molar-refractivity contribution in [2.24, 2.45) is 5.73 Å². The van der Waals surface area contributed by atoms with Crippen molar-refractivity contribution in [3.8, 4) is 0 Å². The van der Waals surface area contributed by atoms with Gasteiger partial charge in [0.1, 0.15) is 0 Å². The number of nitrogens with one attached hydrogen (secondary N) is 1. The highest BCUT2D eigenvalue weighted by Crippen LogP contribution is 2.11. The molecule has 0 radical (unpaired) electrons. The van der Waals surface area contributed by atoms with Crippen molar-refractivity contribution in [3.05, 3.63) is 40.5 Å². The maximum Gasteiger partial charge on any atom is 0.241 e. The first-order valence-corrected chi connectivity index (χ1v) is 5.64. The smallest absolute Gasteiger partial charge is 0.241 e. The van der Waals surface area contributed by atoms with E-state index in [1.165, 1.54) is 0 Å². The van der Waals surface area contributed by atoms with E-state index >= 15 is 0 Å². The van der Waals surface area contributed by atoms with Crippen LogP contribution in [0.15, 0.2) is 36.9 Å². The molecule has 80 valence electrons. The Balaban J connectivity index is 2.58. The molecule has 4 heteroatoms. The van der Waals surface area contributed by atoms with Gasteiger partial charge in [-0.25, -0.2) is 0 Å². The van der Waals surface area contributed by atoms with E-state index < -0.39 is 6.04 Å². The quantitative estimate of drug-likeness (QED) is 0.660. The summed E-state index contributed by atoms with van der Waals surface area (Å²) in [6.45, 7) is 3.54. The monoisotopic (exact) mass is 316 g/mol. The van der Waals surface area contributed by atoms with Crippen LogP contribution < -0.4 is 11.1 Å². The molecule has 0 fully saturated rings. The summed E-state index contributed by atoms with van der Waals surface area (Å²) in [5, 5.41) is 2.74. The third kappa shape index (κ3) is 4.01. The van der Waals surface area contributed by atoms with Crippen molar-refractivity contribution in [1.82, 2.24) is 0 Å². The summed E-state index contributed by atoms with van der Waals surface area (Å²) in [5.74, 6) is -0.184. The number of carbonyl (C=O) groups is 1. The van der Waals surface area contributed by atoms with E-state index in [0.29, 0.717) is 6.42 Å². The van der Waals surface area contributed by atoms with Gasteiger partial charge >= 0.3 is 0 Å². The first-order chi connectivity index (χ1) is 7.13. The van der Waals surface area contributed by atoms with Crippen molar-refractivity contribution in [3.63, 3.8) is 0 Å². The predicted octanol–water partition coefficient (Wildman–Crippen LogP) is 2.13. The van der Waals surface area contributed by atoms with Crippen LogP contribution in [-0.2, 0) is 4.79 Å². The van der Waals surface area contributed by atoms with Crippen molar-refractivity contribution in [2.45, 2.75) is 12.5 Å². The van der Waals surface area contributed by atoms with Crippen molar-refractivity contribution < 1.29 is 4.79 Å². The lowest BCUT2D eigenvalue weighted by Crippen LogP contribution is -2.35. The number of hydrogen-bond acceptors (Lipinski definition) is 2.